The molecular formula is C20H16N2O2S. The van der Waals surface area contributed by atoms with E-state index in [0.29, 0.717) is 10.9 Å². The lowest BCUT2D eigenvalue weighted by Crippen LogP contribution is -2.10. The van der Waals surface area contributed by atoms with Crippen LogP contribution in [0.4, 0.5) is 5.13 Å². The molecule has 0 aliphatic heterocycles. The predicted molar refractivity (Wildman–Crippen MR) is 101 cm³/mol. The van der Waals surface area contributed by atoms with Gasteiger partial charge in [-0.2, -0.15) is 0 Å². The third-order valence-corrected chi connectivity index (χ3v) is 5.09. The van der Waals surface area contributed by atoms with Gasteiger partial charge in [-0.3, -0.25) is 10.1 Å². The molecule has 1 N–H and O–H groups in total. The van der Waals surface area contributed by atoms with E-state index < -0.39 is 0 Å². The Labute approximate surface area is 149 Å². The summed E-state index contributed by atoms with van der Waals surface area (Å²) < 4.78 is 6.77. The quantitative estimate of drug-likeness (QED) is 0.537. The minimum atomic E-state index is -0.297. The van der Waals surface area contributed by atoms with Gasteiger partial charge in [0.15, 0.2) is 10.9 Å². The van der Waals surface area contributed by atoms with Crippen LogP contribution in [-0.2, 0) is 0 Å². The molecule has 2 aromatic heterocycles. The molecule has 0 atom stereocenters. The number of hydrogen-bond donors (Lipinski definition) is 1. The molecule has 2 aromatic carbocycles. The molecule has 0 saturated heterocycles. The second-order valence-corrected chi connectivity index (χ2v) is 6.93. The fourth-order valence-corrected chi connectivity index (χ4v) is 3.46. The first kappa shape index (κ1) is 15.6. The summed E-state index contributed by atoms with van der Waals surface area (Å²) in [5.41, 5.74) is 4.25. The molecule has 0 aliphatic carbocycles. The number of rotatable bonds is 3. The molecule has 5 heteroatoms. The van der Waals surface area contributed by atoms with Gasteiger partial charge in [0.2, 0.25) is 0 Å². The van der Waals surface area contributed by atoms with Crippen LogP contribution in [0.15, 0.2) is 59.0 Å². The lowest BCUT2D eigenvalue weighted by atomic mass is 10.1. The average molecular weight is 348 g/mol. The fraction of sp³-hybridized carbons (Fsp3) is 0.100. The number of nitrogens with zero attached hydrogens (tertiary/aromatic N) is 1. The van der Waals surface area contributed by atoms with Crippen LogP contribution in [0, 0.1) is 13.8 Å². The summed E-state index contributed by atoms with van der Waals surface area (Å²) in [4.78, 5) is 16.8. The Balaban J connectivity index is 1.56. The fourth-order valence-electron chi connectivity index (χ4n) is 2.59. The molecule has 25 heavy (non-hydrogen) atoms. The number of aromatic nitrogens is 1. The summed E-state index contributed by atoms with van der Waals surface area (Å²) in [6.45, 7) is 4.13. The molecule has 1 amide bonds. The van der Waals surface area contributed by atoms with Crippen LogP contribution in [0.1, 0.15) is 21.7 Å². The Kier molecular flexibility index (Phi) is 3.86. The molecule has 0 saturated carbocycles. The zero-order valence-electron chi connectivity index (χ0n) is 13.9. The first-order valence-corrected chi connectivity index (χ1v) is 8.76. The molecule has 4 aromatic rings. The lowest BCUT2D eigenvalue weighted by molar-refractivity contribution is 0.0997. The molecule has 4 nitrogen and oxygen atoms in total. The van der Waals surface area contributed by atoms with Crippen molar-refractivity contribution < 1.29 is 9.21 Å². The lowest BCUT2D eigenvalue weighted by Gasteiger charge is -2.02. The Hall–Kier alpha value is -2.92. The molecule has 0 aliphatic rings. The van der Waals surface area contributed by atoms with Crippen molar-refractivity contribution in [1.82, 2.24) is 4.98 Å². The Morgan fingerprint density at radius 1 is 1.04 bits per heavy atom. The minimum Gasteiger partial charge on any atom is -0.451 e. The number of para-hydroxylation sites is 1. The number of nitrogens with one attached hydrogen (secondary N) is 1. The Morgan fingerprint density at radius 2 is 1.88 bits per heavy atom. The van der Waals surface area contributed by atoms with E-state index in [0.717, 1.165) is 15.8 Å². The predicted octanol–water partition coefficient (Wildman–Crippen LogP) is 5.43. The van der Waals surface area contributed by atoms with E-state index in [1.165, 1.54) is 22.5 Å². The molecule has 0 spiro atoms. The van der Waals surface area contributed by atoms with Gasteiger partial charge in [-0.1, -0.05) is 35.6 Å². The second-order valence-electron chi connectivity index (χ2n) is 5.90. The van der Waals surface area contributed by atoms with Crippen LogP contribution < -0.4 is 5.32 Å². The molecule has 0 radical (unpaired) electrons. The van der Waals surface area contributed by atoms with Crippen LogP contribution in [-0.4, -0.2) is 10.9 Å². The SMILES string of the molecule is Cc1ccc(-c2ccc(C(=O)Nc3nc4ccccc4s3)o2)cc1C. The van der Waals surface area contributed by atoms with Crippen molar-refractivity contribution in [3.63, 3.8) is 0 Å². The van der Waals surface area contributed by atoms with Crippen LogP contribution in [0.2, 0.25) is 0 Å². The molecule has 0 fully saturated rings. The van der Waals surface area contributed by atoms with E-state index in [1.807, 2.05) is 42.5 Å². The van der Waals surface area contributed by atoms with Crippen molar-refractivity contribution in [3.05, 3.63) is 71.5 Å². The average Bonchev–Trinajstić information content (AvgIpc) is 3.23. The molecule has 124 valence electrons. The minimum absolute atomic E-state index is 0.271. The van der Waals surface area contributed by atoms with Gasteiger partial charge in [0.1, 0.15) is 5.76 Å². The van der Waals surface area contributed by atoms with E-state index in [1.54, 1.807) is 6.07 Å². The smallest absolute Gasteiger partial charge is 0.293 e. The number of aryl methyl sites for hydroxylation is 2. The van der Waals surface area contributed by atoms with Gasteiger partial charge in [0, 0.05) is 5.56 Å². The highest BCUT2D eigenvalue weighted by Gasteiger charge is 2.15. The third-order valence-electron chi connectivity index (χ3n) is 4.14. The molecule has 4 rings (SSSR count). The van der Waals surface area contributed by atoms with E-state index in [2.05, 4.69) is 30.2 Å². The summed E-state index contributed by atoms with van der Waals surface area (Å²) >= 11 is 1.44. The van der Waals surface area contributed by atoms with Crippen LogP contribution >= 0.6 is 11.3 Å². The highest BCUT2D eigenvalue weighted by Crippen LogP contribution is 2.27. The van der Waals surface area contributed by atoms with Gasteiger partial charge in [-0.15, -0.1) is 0 Å². The van der Waals surface area contributed by atoms with Crippen molar-refractivity contribution in [2.75, 3.05) is 5.32 Å². The largest absolute Gasteiger partial charge is 0.451 e. The number of carbonyl (C=O) groups excluding carboxylic acids is 1. The number of furan rings is 1. The van der Waals surface area contributed by atoms with Crippen LogP contribution in [0.25, 0.3) is 21.5 Å². The summed E-state index contributed by atoms with van der Waals surface area (Å²) in [6, 6.07) is 17.4. The van der Waals surface area contributed by atoms with Crippen molar-refractivity contribution in [2.45, 2.75) is 13.8 Å². The summed E-state index contributed by atoms with van der Waals surface area (Å²) in [6.07, 6.45) is 0. The number of hydrogen-bond acceptors (Lipinski definition) is 4. The van der Waals surface area contributed by atoms with Crippen molar-refractivity contribution >= 4 is 32.6 Å². The van der Waals surface area contributed by atoms with E-state index in [-0.39, 0.29) is 11.7 Å². The van der Waals surface area contributed by atoms with Crippen LogP contribution in [0.3, 0.4) is 0 Å². The van der Waals surface area contributed by atoms with E-state index in [4.69, 9.17) is 4.42 Å². The topological polar surface area (TPSA) is 55.1 Å². The summed E-state index contributed by atoms with van der Waals surface area (Å²) in [7, 11) is 0. The zero-order valence-corrected chi connectivity index (χ0v) is 14.7. The maximum absolute atomic E-state index is 12.4. The zero-order chi connectivity index (χ0) is 17.4. The van der Waals surface area contributed by atoms with Crippen LogP contribution in [0.5, 0.6) is 0 Å². The van der Waals surface area contributed by atoms with Crippen molar-refractivity contribution in [2.24, 2.45) is 0 Å². The molecular weight excluding hydrogens is 332 g/mol. The maximum atomic E-state index is 12.4. The monoisotopic (exact) mass is 348 g/mol. The number of fused-ring (bicyclic) bond motifs is 1. The Bertz CT molecular complexity index is 1050. The number of amides is 1. The normalized spacial score (nSPS) is 11.0. The van der Waals surface area contributed by atoms with Crippen molar-refractivity contribution in [3.8, 4) is 11.3 Å². The molecule has 0 unspecified atom stereocenters. The first-order chi connectivity index (χ1) is 12.1. The van der Waals surface area contributed by atoms with Gasteiger partial charge in [-0.05, 0) is 55.3 Å². The van der Waals surface area contributed by atoms with Gasteiger partial charge < -0.3 is 4.42 Å². The summed E-state index contributed by atoms with van der Waals surface area (Å²) in [5.74, 6) is 0.652. The highest BCUT2D eigenvalue weighted by atomic mass is 32.1. The van der Waals surface area contributed by atoms with Gasteiger partial charge in [0.25, 0.3) is 5.91 Å². The maximum Gasteiger partial charge on any atom is 0.293 e. The third kappa shape index (κ3) is 3.06. The molecule has 2 heterocycles. The van der Waals surface area contributed by atoms with Gasteiger partial charge in [-0.25, -0.2) is 4.98 Å². The second kappa shape index (κ2) is 6.18. The van der Waals surface area contributed by atoms with Gasteiger partial charge >= 0.3 is 0 Å². The summed E-state index contributed by atoms with van der Waals surface area (Å²) in [5, 5.41) is 3.37. The highest BCUT2D eigenvalue weighted by molar-refractivity contribution is 7.22. The number of anilines is 1. The Morgan fingerprint density at radius 3 is 2.68 bits per heavy atom. The number of thiazole rings is 1. The van der Waals surface area contributed by atoms with Crippen molar-refractivity contribution in [1.29, 1.82) is 0 Å². The van der Waals surface area contributed by atoms with E-state index >= 15 is 0 Å². The number of carbonyl (C=O) groups is 1. The molecule has 0 bridgehead atoms. The standard InChI is InChI=1S/C20H16N2O2S/c1-12-7-8-14(11-13(12)2)16-9-10-17(24-16)19(23)22-20-21-15-5-3-4-6-18(15)25-20/h3-11H,1-2H3,(H,21,22,23). The van der Waals surface area contributed by atoms with E-state index in [9.17, 15) is 4.79 Å². The first-order valence-electron chi connectivity index (χ1n) is 7.94. The number of benzene rings is 2. The van der Waals surface area contributed by atoms with Gasteiger partial charge in [0.05, 0.1) is 10.2 Å².